The van der Waals surface area contributed by atoms with Gasteiger partial charge in [0.15, 0.2) is 0 Å². The lowest BCUT2D eigenvalue weighted by atomic mass is 9.91. The van der Waals surface area contributed by atoms with Crippen LogP contribution in [0.15, 0.2) is 60.2 Å². The number of aromatic hydroxyl groups is 1. The minimum Gasteiger partial charge on any atom is -0.508 e. The van der Waals surface area contributed by atoms with E-state index >= 15 is 0 Å². The zero-order chi connectivity index (χ0) is 23.3. The van der Waals surface area contributed by atoms with Crippen LogP contribution in [0, 0.1) is 0 Å². The second kappa shape index (κ2) is 10.2. The summed E-state index contributed by atoms with van der Waals surface area (Å²) >= 11 is 0. The molecule has 0 aromatic heterocycles. The first kappa shape index (κ1) is 23.1. The number of aliphatic hydroxyl groups is 2. The average molecular weight is 442 g/mol. The largest absolute Gasteiger partial charge is 0.508 e. The van der Waals surface area contributed by atoms with Crippen LogP contribution in [0.2, 0.25) is 0 Å². The van der Waals surface area contributed by atoms with Crippen LogP contribution in [-0.2, 0) is 16.0 Å². The molecule has 0 bridgehead atoms. The van der Waals surface area contributed by atoms with E-state index < -0.39 is 36.2 Å². The number of rotatable bonds is 8. The Bertz CT molecular complexity index is 973. The van der Waals surface area contributed by atoms with Gasteiger partial charge in [0.25, 0.3) is 0 Å². The van der Waals surface area contributed by atoms with Gasteiger partial charge in [0.05, 0.1) is 13.2 Å². The number of phenolic OH excluding ortho intramolecular Hbond substituents is 1. The summed E-state index contributed by atoms with van der Waals surface area (Å²) < 4.78 is 10.8. The van der Waals surface area contributed by atoms with Crippen molar-refractivity contribution >= 4 is 11.8 Å². The zero-order valence-corrected chi connectivity index (χ0v) is 17.5. The van der Waals surface area contributed by atoms with Crippen LogP contribution in [0.4, 0.5) is 0 Å². The maximum atomic E-state index is 12.8. The molecule has 0 aliphatic heterocycles. The molecule has 0 fully saturated rings. The molecule has 6 N–H and O–H groups in total. The summed E-state index contributed by atoms with van der Waals surface area (Å²) in [6.45, 7) is 0. The van der Waals surface area contributed by atoms with Gasteiger partial charge in [-0.3, -0.25) is 9.59 Å². The number of amides is 2. The average Bonchev–Trinajstić information content (AvgIpc) is 2.78. The Labute approximate surface area is 185 Å². The second-order valence-electron chi connectivity index (χ2n) is 7.51. The highest BCUT2D eigenvalue weighted by atomic mass is 16.5. The molecular formula is C23H26N2O7. The number of hydrogen-bond donors (Lipinski definition) is 5. The normalized spacial score (nSPS) is 21.2. The highest BCUT2D eigenvalue weighted by Gasteiger charge is 2.35. The smallest absolute Gasteiger partial charge is 0.247 e. The Kier molecular flexibility index (Phi) is 7.34. The molecule has 0 saturated carbocycles. The Morgan fingerprint density at radius 1 is 1.09 bits per heavy atom. The van der Waals surface area contributed by atoms with Gasteiger partial charge in [-0.2, -0.15) is 0 Å². The van der Waals surface area contributed by atoms with Crippen molar-refractivity contribution < 1.29 is 34.4 Å². The third-order valence-corrected chi connectivity index (χ3v) is 5.17. The summed E-state index contributed by atoms with van der Waals surface area (Å²) in [4.78, 5) is 24.7. The molecule has 1 aliphatic rings. The van der Waals surface area contributed by atoms with Gasteiger partial charge in [-0.05, 0) is 48.0 Å². The number of hydrogen-bond acceptors (Lipinski definition) is 7. The molecule has 4 unspecified atom stereocenters. The summed E-state index contributed by atoms with van der Waals surface area (Å²) in [7, 11) is 1.53. The minimum atomic E-state index is -1.24. The molecule has 1 aliphatic carbocycles. The fraction of sp³-hybridized carbons (Fsp3) is 0.304. The minimum absolute atomic E-state index is 0.0798. The maximum absolute atomic E-state index is 12.8. The van der Waals surface area contributed by atoms with Gasteiger partial charge in [0.2, 0.25) is 11.8 Å². The molecule has 0 saturated heterocycles. The van der Waals surface area contributed by atoms with Crippen LogP contribution in [-0.4, -0.2) is 58.6 Å². The molecule has 32 heavy (non-hydrogen) atoms. The van der Waals surface area contributed by atoms with E-state index in [9.17, 15) is 24.9 Å². The number of primary amides is 1. The number of phenols is 1. The van der Waals surface area contributed by atoms with Crippen molar-refractivity contribution in [3.05, 3.63) is 65.7 Å². The Morgan fingerprint density at radius 3 is 2.31 bits per heavy atom. The van der Waals surface area contributed by atoms with Crippen LogP contribution in [0.1, 0.15) is 12.0 Å². The van der Waals surface area contributed by atoms with Crippen molar-refractivity contribution in [1.82, 2.24) is 5.32 Å². The first-order valence-electron chi connectivity index (χ1n) is 10.0. The molecule has 2 aromatic rings. The lowest BCUT2D eigenvalue weighted by molar-refractivity contribution is -0.126. The quantitative estimate of drug-likeness (QED) is 0.397. The van der Waals surface area contributed by atoms with E-state index in [1.54, 1.807) is 36.4 Å². The van der Waals surface area contributed by atoms with Crippen molar-refractivity contribution in [3.8, 4) is 17.2 Å². The van der Waals surface area contributed by atoms with E-state index in [0.29, 0.717) is 17.1 Å². The van der Waals surface area contributed by atoms with E-state index in [-0.39, 0.29) is 24.2 Å². The Hall–Kier alpha value is -3.56. The number of ether oxygens (including phenoxy) is 2. The van der Waals surface area contributed by atoms with Crippen LogP contribution >= 0.6 is 0 Å². The molecule has 2 aromatic carbocycles. The Morgan fingerprint density at radius 2 is 1.72 bits per heavy atom. The number of methoxy groups -OCH3 is 1. The van der Waals surface area contributed by atoms with Crippen LogP contribution in [0.5, 0.6) is 17.2 Å². The van der Waals surface area contributed by atoms with Crippen LogP contribution in [0.25, 0.3) is 0 Å². The SMILES string of the molecule is COc1ccc(OC2C=C(C(=O)NC(Cc3ccc(O)cc3)C(N)=O)CC(O)C2O)cc1. The summed E-state index contributed by atoms with van der Waals surface area (Å²) in [6, 6.07) is 11.8. The predicted octanol–water partition coefficient (Wildman–Crippen LogP) is 0.413. The lowest BCUT2D eigenvalue weighted by Gasteiger charge is -2.31. The van der Waals surface area contributed by atoms with Gasteiger partial charge in [-0.1, -0.05) is 12.1 Å². The number of benzene rings is 2. The number of nitrogens with one attached hydrogen (secondary N) is 1. The van der Waals surface area contributed by atoms with Gasteiger partial charge < -0.3 is 35.8 Å². The second-order valence-corrected chi connectivity index (χ2v) is 7.51. The molecule has 3 rings (SSSR count). The summed E-state index contributed by atoms with van der Waals surface area (Å²) in [5.41, 5.74) is 6.31. The van der Waals surface area contributed by atoms with Gasteiger partial charge >= 0.3 is 0 Å². The predicted molar refractivity (Wildman–Crippen MR) is 115 cm³/mol. The zero-order valence-electron chi connectivity index (χ0n) is 17.5. The molecule has 170 valence electrons. The topological polar surface area (TPSA) is 151 Å². The molecule has 0 heterocycles. The number of carbonyl (C=O) groups is 2. The molecule has 4 atom stereocenters. The first-order valence-corrected chi connectivity index (χ1v) is 10.0. The van der Waals surface area contributed by atoms with Crippen molar-refractivity contribution in [2.24, 2.45) is 5.73 Å². The van der Waals surface area contributed by atoms with Crippen molar-refractivity contribution in [2.75, 3.05) is 7.11 Å². The van der Waals surface area contributed by atoms with Gasteiger partial charge in [-0.15, -0.1) is 0 Å². The van der Waals surface area contributed by atoms with E-state index in [1.807, 2.05) is 0 Å². The fourth-order valence-electron chi connectivity index (χ4n) is 3.35. The van der Waals surface area contributed by atoms with Gasteiger partial charge in [0.1, 0.15) is 35.5 Å². The maximum Gasteiger partial charge on any atom is 0.247 e. The summed E-state index contributed by atoms with van der Waals surface area (Å²) in [5, 5.41) is 32.5. The van der Waals surface area contributed by atoms with Crippen molar-refractivity contribution in [2.45, 2.75) is 37.2 Å². The molecule has 0 radical (unpaired) electrons. The van der Waals surface area contributed by atoms with Crippen molar-refractivity contribution in [1.29, 1.82) is 0 Å². The van der Waals surface area contributed by atoms with Crippen LogP contribution in [0.3, 0.4) is 0 Å². The first-order chi connectivity index (χ1) is 15.3. The monoisotopic (exact) mass is 442 g/mol. The summed E-state index contributed by atoms with van der Waals surface area (Å²) in [5.74, 6) is -0.196. The van der Waals surface area contributed by atoms with E-state index in [1.165, 1.54) is 25.3 Å². The number of aliphatic hydroxyl groups excluding tert-OH is 2. The Balaban J connectivity index is 1.72. The van der Waals surface area contributed by atoms with Crippen LogP contribution < -0.4 is 20.5 Å². The highest BCUT2D eigenvalue weighted by Crippen LogP contribution is 2.25. The van der Waals surface area contributed by atoms with Gasteiger partial charge in [-0.25, -0.2) is 0 Å². The molecule has 9 nitrogen and oxygen atoms in total. The lowest BCUT2D eigenvalue weighted by Crippen LogP contribution is -2.49. The summed E-state index contributed by atoms with van der Waals surface area (Å²) in [6.07, 6.45) is -2.00. The van der Waals surface area contributed by atoms with E-state index in [2.05, 4.69) is 5.32 Å². The number of carbonyl (C=O) groups excluding carboxylic acids is 2. The van der Waals surface area contributed by atoms with Crippen molar-refractivity contribution in [3.63, 3.8) is 0 Å². The molecule has 0 spiro atoms. The number of nitrogens with two attached hydrogens (primary N) is 1. The van der Waals surface area contributed by atoms with E-state index in [4.69, 9.17) is 15.2 Å². The van der Waals surface area contributed by atoms with Gasteiger partial charge in [0, 0.05) is 18.4 Å². The molecule has 2 amide bonds. The van der Waals surface area contributed by atoms with E-state index in [0.717, 1.165) is 0 Å². The third-order valence-electron chi connectivity index (χ3n) is 5.17. The standard InChI is InChI=1S/C23H26N2O7/c1-31-16-6-8-17(9-7-16)32-20-12-14(11-19(27)21(20)28)23(30)25-18(22(24)29)10-13-2-4-15(26)5-3-13/h2-9,12,18-21,26-28H,10-11H2,1H3,(H2,24,29)(H,25,30). The molecule has 9 heteroatoms. The highest BCUT2D eigenvalue weighted by molar-refractivity contribution is 5.97. The third kappa shape index (κ3) is 5.77. The fourth-order valence-corrected chi connectivity index (χ4v) is 3.35. The molecular weight excluding hydrogens is 416 g/mol.